The predicted molar refractivity (Wildman–Crippen MR) is 383 cm³/mol. The monoisotopic (exact) mass is 1200 g/mol. The standard InChI is InChI=1S/C46H28O.C42H26O/c1-2-14-34-29(11-1)23-24-32-27-31(25-26-35(32)34)30-12-9-13-33(28-30)44-36-15-3-5-17-38(36)45(39-18-6-4-16-37(39)44)41-20-10-22-43-46(41)40-19-7-8-21-42(40)47-43;1-2-12-28-25-30(24-23-27(28)11-1)29-13-9-14-31(26-29)40-32-15-3-5-17-34(32)41(35-18-6-4-16-33(35)40)37-20-10-22-39-42(37)36-19-7-8-21-38(36)43-39/h1-28H;1-26H/i1D,2D,3D,4D,5D,6D,7D,8D,9D,10D,11D,12D,13D,14D,15D,16D,17D,18D,19D,20D,21D,22D,23D,24D,25D,26D,27D,28D;1D,2D,3D,4D,5D,6D,7D,8D,9D,10D,11D,12D,13D,14D,15D,16D,17D,18D,19D,20D,21D,22D,23D,24D,25D,26D. The van der Waals surface area contributed by atoms with Gasteiger partial charge in [-0.05, 0) is 191 Å². The number of fused-ring (bicyclic) bond motifs is 14. The SMILES string of the molecule is [2H]c1c([2H])c(-c2c([2H])c([2H])c3c([2H])c([2H])c([2H])c([2H])c3c2[2H])c([2H])c(-c2c3c([2H])c([2H])c([2H])c([2H])c3c(-c3c([2H])c([2H])c([2H])c4oc5c([2H])c([2H])c([2H])c([2H])c5c34)c3c([2H])c([2H])c([2H])c([2H])c23)c1[2H].[2H]c1c([2H])c(-c2c([2H])c([2H])c3c(c2[2H])c([2H])c([2H])c2c([2H])c([2H])c([2H])c([2H])c23)c([2H])c(-c2c3c([2H])c([2H])c([2H])c([2H])c3c(-c3c([2H])c([2H])c([2H])c4oc5c([2H])c([2H])c([2H])c([2H])c5c34)c3c([2H])c([2H])c([2H])c([2H])c23)c1[2H]. The van der Waals surface area contributed by atoms with Gasteiger partial charge in [-0.2, -0.15) is 0 Å². The molecule has 0 saturated heterocycles. The van der Waals surface area contributed by atoms with Gasteiger partial charge < -0.3 is 8.83 Å². The summed E-state index contributed by atoms with van der Waals surface area (Å²) >= 11 is 0. The molecule has 0 amide bonds. The fraction of sp³-hybridized carbons (Fsp3) is 0. The maximum absolute atomic E-state index is 9.89. The van der Waals surface area contributed by atoms with Crippen LogP contribution in [0.25, 0.3) is 186 Å². The number of furan rings is 2. The molecule has 0 radical (unpaired) electrons. The van der Waals surface area contributed by atoms with Gasteiger partial charge >= 0.3 is 0 Å². The van der Waals surface area contributed by atoms with Crippen LogP contribution in [0, 0.1) is 0 Å². The number of benzene rings is 17. The molecule has 0 spiro atoms. The molecular formula is C88H54O2. The lowest BCUT2D eigenvalue weighted by atomic mass is 9.84. The van der Waals surface area contributed by atoms with E-state index < -0.39 is 512 Å². The van der Waals surface area contributed by atoms with Gasteiger partial charge in [-0.25, -0.2) is 0 Å². The minimum absolute atomic E-state index is 0.470. The third kappa shape index (κ3) is 8.34. The third-order valence-corrected chi connectivity index (χ3v) is 14.7. The second-order valence-electron chi connectivity index (χ2n) is 19.5. The molecule has 17 aromatic carbocycles. The summed E-state index contributed by atoms with van der Waals surface area (Å²) in [5.41, 5.74) is -11.8. The van der Waals surface area contributed by atoms with Crippen LogP contribution in [0.2, 0.25) is 0 Å². The van der Waals surface area contributed by atoms with Crippen LogP contribution in [-0.4, -0.2) is 0 Å². The molecule has 418 valence electrons. The Kier molecular flexibility index (Phi) is 4.87. The molecule has 2 heteroatoms. The van der Waals surface area contributed by atoms with Crippen molar-refractivity contribution in [3.05, 3.63) is 326 Å². The van der Waals surface area contributed by atoms with Crippen molar-refractivity contribution in [3.8, 4) is 66.8 Å². The van der Waals surface area contributed by atoms with Gasteiger partial charge in [0.05, 0.1) is 74.0 Å². The third-order valence-electron chi connectivity index (χ3n) is 14.7. The molecule has 2 nitrogen and oxygen atoms in total. The zero-order valence-corrected chi connectivity index (χ0v) is 44.8. The Bertz CT molecular complexity index is 9320. The van der Waals surface area contributed by atoms with E-state index >= 15 is 0 Å². The lowest BCUT2D eigenvalue weighted by Gasteiger charge is -2.18. The topological polar surface area (TPSA) is 26.3 Å². The Hall–Kier alpha value is -11.8. The Morgan fingerprint density at radius 3 is 0.978 bits per heavy atom. The van der Waals surface area contributed by atoms with Gasteiger partial charge in [0, 0.05) is 21.5 Å². The van der Waals surface area contributed by atoms with Crippen LogP contribution in [-0.2, 0) is 0 Å². The summed E-state index contributed by atoms with van der Waals surface area (Å²) in [4.78, 5) is 0. The molecule has 0 N–H and O–H groups in total. The van der Waals surface area contributed by atoms with E-state index in [9.17, 15) is 27.4 Å². The molecule has 0 saturated carbocycles. The highest BCUT2D eigenvalue weighted by Gasteiger charge is 2.23. The van der Waals surface area contributed by atoms with Crippen molar-refractivity contribution in [2.24, 2.45) is 0 Å². The molecule has 0 fully saturated rings. The summed E-state index contributed by atoms with van der Waals surface area (Å²) in [7, 11) is 0. The summed E-state index contributed by atoms with van der Waals surface area (Å²) in [6, 6.07) is -49.9. The molecule has 2 aromatic heterocycles. The van der Waals surface area contributed by atoms with Crippen molar-refractivity contribution in [1.29, 1.82) is 0 Å². The lowest BCUT2D eigenvalue weighted by molar-refractivity contribution is 0.668. The summed E-state index contributed by atoms with van der Waals surface area (Å²) in [6.07, 6.45) is 0. The van der Waals surface area contributed by atoms with E-state index in [0.717, 1.165) is 0 Å². The molecule has 0 bridgehead atoms. The second-order valence-corrected chi connectivity index (χ2v) is 19.5. The number of rotatable bonds is 6. The minimum atomic E-state index is -1.11. The Morgan fingerprint density at radius 1 is 0.178 bits per heavy atom. The second kappa shape index (κ2) is 21.0. The largest absolute Gasteiger partial charge is 0.456 e. The first-order valence-electron chi connectivity index (χ1n) is 53.6. The summed E-state index contributed by atoms with van der Waals surface area (Å²) in [6.45, 7) is 0. The van der Waals surface area contributed by atoms with E-state index in [4.69, 9.17) is 55.4 Å². The summed E-state index contributed by atoms with van der Waals surface area (Å²) < 4.78 is 497. The molecule has 90 heavy (non-hydrogen) atoms. The van der Waals surface area contributed by atoms with Crippen LogP contribution >= 0.6 is 0 Å². The molecule has 0 aliphatic rings. The molecule has 19 rings (SSSR count). The van der Waals surface area contributed by atoms with Gasteiger partial charge in [0.1, 0.15) is 22.3 Å². The normalized spacial score (nSPS) is 20.2. The molecule has 2 heterocycles. The first-order valence-corrected chi connectivity index (χ1v) is 26.6. The van der Waals surface area contributed by atoms with Gasteiger partial charge in [-0.3, -0.25) is 0 Å². The van der Waals surface area contributed by atoms with E-state index in [1.807, 2.05) is 0 Å². The van der Waals surface area contributed by atoms with Crippen LogP contribution in [0.1, 0.15) is 74.0 Å². The Morgan fingerprint density at radius 2 is 0.489 bits per heavy atom. The zero-order chi connectivity index (χ0) is 106. The summed E-state index contributed by atoms with van der Waals surface area (Å²) in [5, 5.41) is -11.2. The number of hydrogen-bond donors (Lipinski definition) is 0. The van der Waals surface area contributed by atoms with Gasteiger partial charge in [-0.1, -0.05) is 278 Å². The van der Waals surface area contributed by atoms with Crippen LogP contribution < -0.4 is 0 Å². The predicted octanol–water partition coefficient (Wildman–Crippen LogP) is 25.2. The Labute approximate surface area is 595 Å². The van der Waals surface area contributed by atoms with Gasteiger partial charge in [0.15, 0.2) is 0 Å². The highest BCUT2D eigenvalue weighted by Crippen LogP contribution is 2.50. The maximum atomic E-state index is 9.89. The first kappa shape index (κ1) is 20.9. The van der Waals surface area contributed by atoms with Gasteiger partial charge in [0.25, 0.3) is 0 Å². The minimum Gasteiger partial charge on any atom is -0.456 e. The fourth-order valence-corrected chi connectivity index (χ4v) is 11.0. The maximum Gasteiger partial charge on any atom is 0.136 e. The molecule has 0 atom stereocenters. The van der Waals surface area contributed by atoms with Crippen molar-refractivity contribution in [2.75, 3.05) is 0 Å². The molecule has 0 unspecified atom stereocenters. The smallest absolute Gasteiger partial charge is 0.136 e. The van der Waals surface area contributed by atoms with Gasteiger partial charge in [0.2, 0.25) is 0 Å². The van der Waals surface area contributed by atoms with Gasteiger partial charge in [-0.15, -0.1) is 0 Å². The average Bonchev–Trinajstić information content (AvgIpc) is 1.23. The van der Waals surface area contributed by atoms with Crippen LogP contribution in [0.15, 0.2) is 335 Å². The van der Waals surface area contributed by atoms with Crippen molar-refractivity contribution in [1.82, 2.24) is 0 Å². The van der Waals surface area contributed by atoms with Crippen LogP contribution in [0.4, 0.5) is 0 Å². The van der Waals surface area contributed by atoms with Crippen molar-refractivity contribution >= 4 is 119 Å². The molecule has 0 aliphatic heterocycles. The van der Waals surface area contributed by atoms with Crippen LogP contribution in [0.5, 0.6) is 0 Å². The molecule has 19 aromatic rings. The molecule has 0 aliphatic carbocycles. The fourth-order valence-electron chi connectivity index (χ4n) is 11.0. The highest BCUT2D eigenvalue weighted by molar-refractivity contribution is 6.28. The van der Waals surface area contributed by atoms with E-state index in [2.05, 4.69) is 0 Å². The zero-order valence-electron chi connectivity index (χ0n) is 98.8. The van der Waals surface area contributed by atoms with E-state index in [1.54, 1.807) is 0 Å². The van der Waals surface area contributed by atoms with E-state index in [-0.39, 0.29) is 0 Å². The number of hydrogen-bond acceptors (Lipinski definition) is 2. The van der Waals surface area contributed by atoms with Crippen molar-refractivity contribution < 1.29 is 82.9 Å². The van der Waals surface area contributed by atoms with E-state index in [0.29, 0.717) is 0 Å². The number of para-hydroxylation sites is 2. The summed E-state index contributed by atoms with van der Waals surface area (Å²) in [5.74, 6) is 0. The Balaban J connectivity index is 0.000000190. The van der Waals surface area contributed by atoms with E-state index in [1.165, 1.54) is 0 Å². The first-order chi connectivity index (χ1) is 67.1. The van der Waals surface area contributed by atoms with Crippen molar-refractivity contribution in [3.63, 3.8) is 0 Å². The average molecular weight is 1200 g/mol. The van der Waals surface area contributed by atoms with Crippen molar-refractivity contribution in [2.45, 2.75) is 0 Å². The van der Waals surface area contributed by atoms with Crippen LogP contribution in [0.3, 0.4) is 0 Å². The molecular weight excluding hydrogens is 1090 g/mol. The highest BCUT2D eigenvalue weighted by atomic mass is 16.3. The lowest BCUT2D eigenvalue weighted by Crippen LogP contribution is -1.91. The quantitative estimate of drug-likeness (QED) is 0.123.